The summed E-state index contributed by atoms with van der Waals surface area (Å²) in [6.07, 6.45) is -11.1. The van der Waals surface area contributed by atoms with E-state index < -0.39 is 34.9 Å². The van der Waals surface area contributed by atoms with Gasteiger partial charge in [0.2, 0.25) is 0 Å². The molecule has 0 fully saturated rings. The Morgan fingerprint density at radius 3 is 1.69 bits per heavy atom. The number of carbonyl (C=O) groups is 1. The molecule has 0 aliphatic heterocycles. The van der Waals surface area contributed by atoms with Crippen molar-refractivity contribution in [1.82, 2.24) is 0 Å². The Morgan fingerprint density at radius 2 is 1.38 bits per heavy atom. The molecule has 26 heavy (non-hydrogen) atoms. The predicted octanol–water partition coefficient (Wildman–Crippen LogP) is 6.11. The average Bonchev–Trinajstić information content (AvgIpc) is 2.48. The average molecular weight is 384 g/mol. The number of ether oxygens (including phenoxy) is 1. The van der Waals surface area contributed by atoms with E-state index >= 15 is 0 Å². The largest absolute Gasteiger partial charge is 0.442 e. The zero-order valence-electron chi connectivity index (χ0n) is 15.2. The van der Waals surface area contributed by atoms with Crippen LogP contribution in [0.25, 0.3) is 0 Å². The van der Waals surface area contributed by atoms with Crippen molar-refractivity contribution in [3.8, 4) is 0 Å². The first-order valence-electron chi connectivity index (χ1n) is 8.05. The second kappa shape index (κ2) is 7.12. The van der Waals surface area contributed by atoms with Crippen LogP contribution in [-0.4, -0.2) is 18.3 Å². The molecule has 0 N–H and O–H groups in total. The number of hydrogen-bond donors (Lipinski definition) is 0. The van der Waals surface area contributed by atoms with Crippen LogP contribution in [0.2, 0.25) is 0 Å². The molecule has 1 aromatic rings. The highest BCUT2D eigenvalue weighted by molar-refractivity contribution is 5.76. The van der Waals surface area contributed by atoms with E-state index in [9.17, 15) is 31.1 Å². The fourth-order valence-electron chi connectivity index (χ4n) is 2.24. The number of hydrogen-bond acceptors (Lipinski definition) is 2. The molecule has 2 nitrogen and oxygen atoms in total. The summed E-state index contributed by atoms with van der Waals surface area (Å²) in [6, 6.07) is 3.83. The molecule has 8 heteroatoms. The summed E-state index contributed by atoms with van der Waals surface area (Å²) < 4.78 is 86.0. The van der Waals surface area contributed by atoms with E-state index in [1.807, 2.05) is 6.92 Å². The molecular weight excluding hydrogens is 362 g/mol. The van der Waals surface area contributed by atoms with Crippen LogP contribution in [0.3, 0.4) is 0 Å². The number of rotatable bonds is 4. The Balaban J connectivity index is 3.61. The number of benzene rings is 1. The molecule has 0 saturated carbocycles. The SMILES string of the molecule is CCC(C)c1ccc(C(OC(=O)C(C)(C)C)(C(F)(F)F)C(F)(F)F)cc1. The molecule has 0 aliphatic rings. The summed E-state index contributed by atoms with van der Waals surface area (Å²) in [4.78, 5) is 11.9. The van der Waals surface area contributed by atoms with E-state index in [1.54, 1.807) is 6.92 Å². The first-order chi connectivity index (χ1) is 11.6. The van der Waals surface area contributed by atoms with Crippen LogP contribution in [-0.2, 0) is 15.1 Å². The summed E-state index contributed by atoms with van der Waals surface area (Å²) in [5.74, 6) is -1.63. The van der Waals surface area contributed by atoms with E-state index in [1.165, 1.54) is 32.9 Å². The lowest BCUT2D eigenvalue weighted by Gasteiger charge is -2.38. The van der Waals surface area contributed by atoms with Gasteiger partial charge in [-0.25, -0.2) is 0 Å². The topological polar surface area (TPSA) is 26.3 Å². The van der Waals surface area contributed by atoms with Gasteiger partial charge in [-0.3, -0.25) is 4.79 Å². The van der Waals surface area contributed by atoms with Crippen LogP contribution >= 0.6 is 0 Å². The standard InChI is InChI=1S/C18H22F6O2/c1-6-11(2)12-7-9-13(10-8-12)16(17(19,20)21,18(22,23)24)26-14(25)15(3,4)5/h7-11H,6H2,1-5H3. The van der Waals surface area contributed by atoms with E-state index in [2.05, 4.69) is 4.74 Å². The maximum Gasteiger partial charge on any atom is 0.442 e. The molecule has 0 heterocycles. The first-order valence-corrected chi connectivity index (χ1v) is 8.05. The lowest BCUT2D eigenvalue weighted by atomic mass is 9.88. The van der Waals surface area contributed by atoms with Crippen LogP contribution in [0, 0.1) is 5.41 Å². The molecule has 0 amide bonds. The molecule has 0 spiro atoms. The minimum absolute atomic E-state index is 0.0349. The van der Waals surface area contributed by atoms with Gasteiger partial charge >= 0.3 is 23.9 Å². The van der Waals surface area contributed by atoms with Crippen molar-refractivity contribution >= 4 is 5.97 Å². The zero-order chi connectivity index (χ0) is 20.6. The number of halogens is 6. The Morgan fingerprint density at radius 1 is 0.962 bits per heavy atom. The Hall–Kier alpha value is -1.73. The van der Waals surface area contributed by atoms with Crippen molar-refractivity contribution in [2.45, 2.75) is 64.9 Å². The van der Waals surface area contributed by atoms with Crippen LogP contribution in [0.4, 0.5) is 26.3 Å². The van der Waals surface area contributed by atoms with Crippen LogP contribution in [0.1, 0.15) is 58.1 Å². The highest BCUT2D eigenvalue weighted by Gasteiger charge is 2.75. The summed E-state index contributed by atoms with van der Waals surface area (Å²) in [5, 5.41) is 0. The third kappa shape index (κ3) is 4.15. The van der Waals surface area contributed by atoms with Crippen LogP contribution in [0.5, 0.6) is 0 Å². The molecule has 148 valence electrons. The summed E-state index contributed by atoms with van der Waals surface area (Å²) in [6.45, 7) is 7.19. The molecule has 1 rings (SSSR count). The maximum absolute atomic E-state index is 13.6. The van der Waals surface area contributed by atoms with Gasteiger partial charge in [0.25, 0.3) is 0 Å². The second-order valence-electron chi connectivity index (χ2n) is 7.25. The van der Waals surface area contributed by atoms with E-state index in [0.29, 0.717) is 12.0 Å². The molecule has 0 radical (unpaired) electrons. The van der Waals surface area contributed by atoms with Crippen molar-refractivity contribution in [3.05, 3.63) is 35.4 Å². The quantitative estimate of drug-likeness (QED) is 0.462. The number of alkyl halides is 6. The fourth-order valence-corrected chi connectivity index (χ4v) is 2.24. The van der Waals surface area contributed by atoms with E-state index in [0.717, 1.165) is 12.1 Å². The molecule has 0 aliphatic carbocycles. The summed E-state index contributed by atoms with van der Waals surface area (Å²) in [7, 11) is 0. The van der Waals surface area contributed by atoms with Crippen molar-refractivity contribution in [1.29, 1.82) is 0 Å². The van der Waals surface area contributed by atoms with Crippen molar-refractivity contribution in [3.63, 3.8) is 0 Å². The molecule has 0 aromatic heterocycles. The van der Waals surface area contributed by atoms with E-state index in [4.69, 9.17) is 0 Å². The number of carbonyl (C=O) groups excluding carboxylic acids is 1. The fraction of sp³-hybridized carbons (Fsp3) is 0.611. The molecule has 0 bridgehead atoms. The van der Waals surface area contributed by atoms with Gasteiger partial charge in [0.1, 0.15) is 0 Å². The third-order valence-corrected chi connectivity index (χ3v) is 4.16. The monoisotopic (exact) mass is 384 g/mol. The molecule has 0 saturated heterocycles. The molecule has 1 aromatic carbocycles. The molecule has 1 atom stereocenters. The summed E-state index contributed by atoms with van der Waals surface area (Å²) >= 11 is 0. The van der Waals surface area contributed by atoms with Crippen molar-refractivity contribution in [2.75, 3.05) is 0 Å². The lowest BCUT2D eigenvalue weighted by molar-refractivity contribution is -0.379. The van der Waals surface area contributed by atoms with Gasteiger partial charge in [0.05, 0.1) is 5.41 Å². The Kier molecular flexibility index (Phi) is 6.11. The summed E-state index contributed by atoms with van der Waals surface area (Å²) in [5.41, 5.74) is -6.85. The van der Waals surface area contributed by atoms with Crippen molar-refractivity contribution < 1.29 is 35.9 Å². The van der Waals surface area contributed by atoms with Gasteiger partial charge in [0.15, 0.2) is 0 Å². The second-order valence-corrected chi connectivity index (χ2v) is 7.25. The van der Waals surface area contributed by atoms with Gasteiger partial charge in [-0.1, -0.05) is 38.1 Å². The predicted molar refractivity (Wildman–Crippen MR) is 84.5 cm³/mol. The minimum atomic E-state index is -5.88. The van der Waals surface area contributed by atoms with Gasteiger partial charge in [-0.05, 0) is 38.7 Å². The van der Waals surface area contributed by atoms with Crippen molar-refractivity contribution in [2.24, 2.45) is 5.41 Å². The normalized spacial score (nSPS) is 14.9. The van der Waals surface area contributed by atoms with Crippen LogP contribution < -0.4 is 0 Å². The molecular formula is C18H22F6O2. The lowest BCUT2D eigenvalue weighted by Crippen LogP contribution is -2.57. The minimum Gasteiger partial charge on any atom is -0.434 e. The van der Waals surface area contributed by atoms with E-state index in [-0.39, 0.29) is 5.92 Å². The first kappa shape index (κ1) is 22.3. The Labute approximate surface area is 148 Å². The van der Waals surface area contributed by atoms with Gasteiger partial charge in [0, 0.05) is 5.56 Å². The van der Waals surface area contributed by atoms with Gasteiger partial charge in [-0.15, -0.1) is 0 Å². The van der Waals surface area contributed by atoms with Gasteiger partial charge < -0.3 is 4.74 Å². The smallest absolute Gasteiger partial charge is 0.434 e. The molecule has 1 unspecified atom stereocenters. The zero-order valence-corrected chi connectivity index (χ0v) is 15.2. The van der Waals surface area contributed by atoms with Gasteiger partial charge in [-0.2, -0.15) is 26.3 Å². The maximum atomic E-state index is 13.6. The third-order valence-electron chi connectivity index (χ3n) is 4.16. The number of esters is 1. The highest BCUT2D eigenvalue weighted by atomic mass is 19.4. The Bertz CT molecular complexity index is 609. The van der Waals surface area contributed by atoms with Crippen LogP contribution in [0.15, 0.2) is 24.3 Å². The highest BCUT2D eigenvalue weighted by Crippen LogP contribution is 2.53.